The number of hydrogen-bond acceptors (Lipinski definition) is 5. The van der Waals surface area contributed by atoms with E-state index in [-0.39, 0.29) is 16.8 Å². The Kier molecular flexibility index (Phi) is 6.69. The van der Waals surface area contributed by atoms with Gasteiger partial charge in [0.05, 0.1) is 10.9 Å². The van der Waals surface area contributed by atoms with Crippen molar-refractivity contribution in [3.8, 4) is 0 Å². The van der Waals surface area contributed by atoms with E-state index in [0.29, 0.717) is 26.2 Å². The van der Waals surface area contributed by atoms with Gasteiger partial charge in [-0.25, -0.2) is 13.2 Å². The number of hydrogen-bond donors (Lipinski definition) is 2. The van der Waals surface area contributed by atoms with Gasteiger partial charge >= 0.3 is 6.03 Å². The van der Waals surface area contributed by atoms with Crippen molar-refractivity contribution in [3.63, 3.8) is 0 Å². The van der Waals surface area contributed by atoms with Gasteiger partial charge < -0.3 is 5.32 Å². The number of benzene rings is 1. The van der Waals surface area contributed by atoms with Gasteiger partial charge in [-0.1, -0.05) is 31.0 Å². The van der Waals surface area contributed by atoms with Gasteiger partial charge in [-0.15, -0.1) is 0 Å². The second-order valence-electron chi connectivity index (χ2n) is 7.37. The van der Waals surface area contributed by atoms with Crippen LogP contribution in [0.15, 0.2) is 35.2 Å². The molecular formula is C19H28N4O4S. The molecule has 1 aromatic carbocycles. The molecule has 1 atom stereocenters. The zero-order valence-electron chi connectivity index (χ0n) is 16.1. The minimum atomic E-state index is -3.52. The van der Waals surface area contributed by atoms with Crippen LogP contribution in [0.4, 0.5) is 4.79 Å². The third-order valence-corrected chi connectivity index (χ3v) is 7.42. The van der Waals surface area contributed by atoms with Crippen molar-refractivity contribution in [1.82, 2.24) is 19.8 Å². The molecule has 1 saturated heterocycles. The van der Waals surface area contributed by atoms with Crippen LogP contribution in [0, 0.1) is 0 Å². The molecule has 3 rings (SSSR count). The summed E-state index contributed by atoms with van der Waals surface area (Å²) in [6.07, 6.45) is 4.11. The maximum atomic E-state index is 12.7. The minimum Gasteiger partial charge on any atom is -0.335 e. The largest absolute Gasteiger partial charge is 0.335 e. The predicted molar refractivity (Wildman–Crippen MR) is 105 cm³/mol. The molecule has 3 amide bonds. The Morgan fingerprint density at radius 2 is 1.64 bits per heavy atom. The van der Waals surface area contributed by atoms with Crippen LogP contribution < -0.4 is 10.6 Å². The van der Waals surface area contributed by atoms with Crippen LogP contribution in [0.2, 0.25) is 0 Å². The van der Waals surface area contributed by atoms with E-state index in [1.165, 1.54) is 4.31 Å². The number of nitrogens with zero attached hydrogens (tertiary/aromatic N) is 2. The molecule has 0 radical (unpaired) electrons. The topological polar surface area (TPSA) is 98.8 Å². The van der Waals surface area contributed by atoms with Crippen molar-refractivity contribution in [2.75, 3.05) is 26.2 Å². The molecule has 0 bridgehead atoms. The van der Waals surface area contributed by atoms with Crippen molar-refractivity contribution < 1.29 is 18.0 Å². The molecule has 0 spiro atoms. The molecule has 8 nitrogen and oxygen atoms in total. The number of rotatable bonds is 5. The molecule has 1 saturated carbocycles. The number of nitrogens with one attached hydrogen (secondary N) is 2. The number of amides is 3. The number of urea groups is 1. The first-order chi connectivity index (χ1) is 13.4. The fourth-order valence-corrected chi connectivity index (χ4v) is 5.19. The van der Waals surface area contributed by atoms with Gasteiger partial charge in [0.25, 0.3) is 0 Å². The summed E-state index contributed by atoms with van der Waals surface area (Å²) in [5.74, 6) is -0.366. The highest BCUT2D eigenvalue weighted by atomic mass is 32.2. The van der Waals surface area contributed by atoms with Crippen molar-refractivity contribution in [2.45, 2.75) is 49.6 Å². The summed E-state index contributed by atoms with van der Waals surface area (Å²) < 4.78 is 26.8. The Labute approximate surface area is 166 Å². The molecule has 1 aliphatic heterocycles. The van der Waals surface area contributed by atoms with Gasteiger partial charge in [0.1, 0.15) is 0 Å². The second-order valence-corrected chi connectivity index (χ2v) is 9.31. The smallest absolute Gasteiger partial charge is 0.321 e. The zero-order chi connectivity index (χ0) is 20.1. The Balaban J connectivity index is 1.49. The van der Waals surface area contributed by atoms with Crippen molar-refractivity contribution in [1.29, 1.82) is 0 Å². The molecule has 1 aromatic rings. The number of carbonyl (C=O) groups excluding carboxylic acids is 2. The molecule has 9 heteroatoms. The average molecular weight is 409 g/mol. The maximum absolute atomic E-state index is 12.7. The minimum absolute atomic E-state index is 0.148. The molecule has 154 valence electrons. The van der Waals surface area contributed by atoms with E-state index >= 15 is 0 Å². The first-order valence-corrected chi connectivity index (χ1v) is 11.2. The summed E-state index contributed by atoms with van der Waals surface area (Å²) in [4.78, 5) is 26.5. The third kappa shape index (κ3) is 4.89. The molecule has 1 heterocycles. The van der Waals surface area contributed by atoms with Gasteiger partial charge in [0.2, 0.25) is 15.9 Å². The highest BCUT2D eigenvalue weighted by molar-refractivity contribution is 7.89. The third-order valence-electron chi connectivity index (χ3n) is 5.51. The van der Waals surface area contributed by atoms with Gasteiger partial charge in [-0.2, -0.15) is 4.31 Å². The highest BCUT2D eigenvalue weighted by Gasteiger charge is 2.32. The van der Waals surface area contributed by atoms with Gasteiger partial charge in [0.15, 0.2) is 0 Å². The number of sulfonamides is 1. The average Bonchev–Trinajstić information content (AvgIpc) is 3.21. The Bertz CT molecular complexity index is 785. The van der Waals surface area contributed by atoms with Gasteiger partial charge in [-0.3, -0.25) is 15.0 Å². The SMILES string of the molecule is C[C@@H](C(=O)NC(=O)NC1CCCC1)N1CCN(S(=O)(=O)c2ccccc2)CC1. The van der Waals surface area contributed by atoms with Crippen LogP contribution in [0.1, 0.15) is 32.6 Å². The molecule has 2 N–H and O–H groups in total. The summed E-state index contributed by atoms with van der Waals surface area (Å²) in [6.45, 7) is 3.22. The fourth-order valence-electron chi connectivity index (χ4n) is 3.75. The Hall–Kier alpha value is -1.97. The van der Waals surface area contributed by atoms with E-state index < -0.39 is 22.1 Å². The quantitative estimate of drug-likeness (QED) is 0.762. The van der Waals surface area contributed by atoms with E-state index in [4.69, 9.17) is 0 Å². The predicted octanol–water partition coefficient (Wildman–Crippen LogP) is 1.15. The molecule has 0 unspecified atom stereocenters. The monoisotopic (exact) mass is 408 g/mol. The summed E-state index contributed by atoms with van der Waals surface area (Å²) in [5.41, 5.74) is 0. The lowest BCUT2D eigenvalue weighted by molar-refractivity contribution is -0.125. The Morgan fingerprint density at radius 3 is 2.25 bits per heavy atom. The van der Waals surface area contributed by atoms with Crippen LogP contribution in [-0.2, 0) is 14.8 Å². The van der Waals surface area contributed by atoms with Crippen molar-refractivity contribution in [2.24, 2.45) is 0 Å². The first-order valence-electron chi connectivity index (χ1n) is 9.78. The summed E-state index contributed by atoms with van der Waals surface area (Å²) in [7, 11) is -3.52. The molecule has 1 aliphatic carbocycles. The van der Waals surface area contributed by atoms with E-state index in [9.17, 15) is 18.0 Å². The normalized spacial score (nSPS) is 20.6. The van der Waals surface area contributed by atoms with Crippen LogP contribution in [0.25, 0.3) is 0 Å². The lowest BCUT2D eigenvalue weighted by Gasteiger charge is -2.36. The van der Waals surface area contributed by atoms with Crippen LogP contribution in [0.5, 0.6) is 0 Å². The van der Waals surface area contributed by atoms with Crippen LogP contribution in [0.3, 0.4) is 0 Å². The highest BCUT2D eigenvalue weighted by Crippen LogP contribution is 2.19. The van der Waals surface area contributed by atoms with E-state index in [0.717, 1.165) is 25.7 Å². The molecule has 2 fully saturated rings. The summed E-state index contributed by atoms with van der Waals surface area (Å²) in [5, 5.41) is 5.24. The van der Waals surface area contributed by atoms with Gasteiger partial charge in [-0.05, 0) is 31.9 Å². The van der Waals surface area contributed by atoms with Crippen molar-refractivity contribution in [3.05, 3.63) is 30.3 Å². The standard InChI is InChI=1S/C19H28N4O4S/c1-15(18(24)21-19(25)20-16-7-5-6-8-16)22-11-13-23(14-12-22)28(26,27)17-9-3-2-4-10-17/h2-4,9-10,15-16H,5-8,11-14H2,1H3,(H2,20,21,24,25)/t15-/m0/s1. The maximum Gasteiger partial charge on any atom is 0.321 e. The zero-order valence-corrected chi connectivity index (χ0v) is 17.0. The summed E-state index contributed by atoms with van der Waals surface area (Å²) in [6, 6.07) is 7.54. The first kappa shape index (κ1) is 20.8. The summed E-state index contributed by atoms with van der Waals surface area (Å²) >= 11 is 0. The van der Waals surface area contributed by atoms with E-state index in [1.807, 2.05) is 4.90 Å². The number of imide groups is 1. The Morgan fingerprint density at radius 1 is 1.04 bits per heavy atom. The fraction of sp³-hybridized carbons (Fsp3) is 0.579. The lowest BCUT2D eigenvalue weighted by Crippen LogP contribution is -2.56. The molecule has 28 heavy (non-hydrogen) atoms. The number of carbonyl (C=O) groups is 2. The van der Waals surface area contributed by atoms with Gasteiger partial charge in [0, 0.05) is 32.2 Å². The lowest BCUT2D eigenvalue weighted by atomic mass is 10.2. The van der Waals surface area contributed by atoms with Crippen LogP contribution in [-0.4, -0.2) is 67.8 Å². The molecule has 2 aliphatic rings. The molecular weight excluding hydrogens is 380 g/mol. The number of piperazine rings is 1. The van der Waals surface area contributed by atoms with Crippen molar-refractivity contribution >= 4 is 22.0 Å². The molecule has 0 aromatic heterocycles. The second kappa shape index (κ2) is 9.02. The van der Waals surface area contributed by atoms with Crippen LogP contribution >= 0.6 is 0 Å². The van der Waals surface area contributed by atoms with E-state index in [1.54, 1.807) is 37.3 Å². The van der Waals surface area contributed by atoms with E-state index in [2.05, 4.69) is 10.6 Å².